The third kappa shape index (κ3) is 3.96. The van der Waals surface area contributed by atoms with Crippen LogP contribution in [0.1, 0.15) is 89.7 Å². The molecule has 3 heteroatoms. The summed E-state index contributed by atoms with van der Waals surface area (Å²) in [5.74, 6) is 0. The summed E-state index contributed by atoms with van der Waals surface area (Å²) >= 11 is -2.67. The van der Waals surface area contributed by atoms with Gasteiger partial charge in [0.25, 0.3) is 0 Å². The van der Waals surface area contributed by atoms with E-state index < -0.39 is 19.4 Å². The molecule has 2 aliphatic carbocycles. The van der Waals surface area contributed by atoms with E-state index in [4.69, 9.17) is 17.0 Å². The molecule has 0 saturated heterocycles. The number of rotatable bonds is 3. The van der Waals surface area contributed by atoms with Gasteiger partial charge in [-0.15, -0.1) is 0 Å². The van der Waals surface area contributed by atoms with E-state index in [9.17, 15) is 0 Å². The van der Waals surface area contributed by atoms with E-state index >= 15 is 0 Å². The minimum atomic E-state index is -2.67. The molecule has 0 radical (unpaired) electrons. The molecule has 0 aliphatic heterocycles. The molecule has 2 aromatic rings. The molecule has 0 unspecified atom stereocenters. The van der Waals surface area contributed by atoms with Crippen LogP contribution in [0, 0.1) is 0 Å². The van der Waals surface area contributed by atoms with E-state index in [1.807, 2.05) is 0 Å². The fourth-order valence-electron chi connectivity index (χ4n) is 5.04. The van der Waals surface area contributed by atoms with Crippen LogP contribution in [-0.4, -0.2) is 0 Å². The summed E-state index contributed by atoms with van der Waals surface area (Å²) < 4.78 is 0.168. The molecule has 30 heavy (non-hydrogen) atoms. The molecule has 0 aromatic heterocycles. The van der Waals surface area contributed by atoms with Crippen molar-refractivity contribution in [2.45, 2.75) is 68.8 Å². The SMILES string of the molecule is CC(C)(C)c1ccc([CH](c2ccc(C(C)(C)C)c3c2CC=C3)[Zr]([Cl])[Cl])c2c1C=CC2. The Balaban J connectivity index is 1.90. The van der Waals surface area contributed by atoms with Crippen molar-refractivity contribution >= 4 is 29.2 Å². The average Bonchev–Trinajstić information content (AvgIpc) is 3.29. The maximum atomic E-state index is 6.90. The van der Waals surface area contributed by atoms with Gasteiger partial charge in [-0.2, -0.15) is 0 Å². The van der Waals surface area contributed by atoms with E-state index in [1.165, 1.54) is 44.5 Å². The fourth-order valence-corrected chi connectivity index (χ4v) is 10.3. The van der Waals surface area contributed by atoms with Crippen LogP contribution in [0.3, 0.4) is 0 Å². The van der Waals surface area contributed by atoms with Gasteiger partial charge in [-0.05, 0) is 0 Å². The Morgan fingerprint density at radius 2 is 1.10 bits per heavy atom. The first-order valence-electron chi connectivity index (χ1n) is 10.8. The number of benzene rings is 2. The number of fused-ring (bicyclic) bond motifs is 2. The van der Waals surface area contributed by atoms with Gasteiger partial charge in [-0.3, -0.25) is 0 Å². The van der Waals surface area contributed by atoms with Crippen LogP contribution >= 0.6 is 17.0 Å². The molecule has 0 fully saturated rings. The second-order valence-electron chi connectivity index (χ2n) is 10.6. The van der Waals surface area contributed by atoms with Crippen LogP contribution in [0.5, 0.6) is 0 Å². The maximum absolute atomic E-state index is 6.90. The van der Waals surface area contributed by atoms with Crippen LogP contribution in [0.2, 0.25) is 0 Å². The van der Waals surface area contributed by atoms with Gasteiger partial charge in [0.15, 0.2) is 0 Å². The summed E-state index contributed by atoms with van der Waals surface area (Å²) in [5.41, 5.74) is 11.5. The molecular weight excluding hydrogens is 486 g/mol. The Kier molecular flexibility index (Phi) is 6.07. The number of allylic oxidation sites excluding steroid dienone is 2. The number of hydrogen-bond acceptors (Lipinski definition) is 0. The van der Waals surface area contributed by atoms with Gasteiger partial charge in [-0.25, -0.2) is 0 Å². The van der Waals surface area contributed by atoms with E-state index in [0.717, 1.165) is 12.8 Å². The van der Waals surface area contributed by atoms with Crippen LogP contribution in [-0.2, 0) is 43.0 Å². The quantitative estimate of drug-likeness (QED) is 0.383. The van der Waals surface area contributed by atoms with Crippen LogP contribution in [0.15, 0.2) is 36.4 Å². The Hall–Kier alpha value is -0.617. The Labute approximate surface area is 197 Å². The zero-order valence-corrected chi connectivity index (χ0v) is 22.8. The summed E-state index contributed by atoms with van der Waals surface area (Å²) in [6.07, 6.45) is 11.2. The zero-order valence-electron chi connectivity index (χ0n) is 18.9. The third-order valence-corrected chi connectivity index (χ3v) is 11.6. The molecule has 0 amide bonds. The summed E-state index contributed by atoms with van der Waals surface area (Å²) in [5, 5.41) is 0. The predicted octanol–water partition coefficient (Wildman–Crippen LogP) is 8.44. The summed E-state index contributed by atoms with van der Waals surface area (Å²) in [7, 11) is 13.8. The normalized spacial score (nSPS) is 15.1. The molecule has 0 saturated carbocycles. The second-order valence-corrected chi connectivity index (χ2v) is 19.4. The standard InChI is InChI=1S/C27H31.2ClH.Zr/c1-26(2,3)24-15-13-18(20-9-7-11-22(20)24)17-19-14-16-25(27(4,5)6)23-12-8-10-21(19)23;;;/h7-8,11-17H,9-10H2,1-6H3;2*1H;/q;;;+2/p-2. The third-order valence-electron chi connectivity index (χ3n) is 6.46. The van der Waals surface area contributed by atoms with Crippen LogP contribution in [0.4, 0.5) is 0 Å². The van der Waals surface area contributed by atoms with Crippen molar-refractivity contribution in [2.75, 3.05) is 0 Å². The molecular formula is C27H31Cl2Zr. The topological polar surface area (TPSA) is 0 Å². The van der Waals surface area contributed by atoms with Gasteiger partial charge in [0.2, 0.25) is 0 Å². The first kappa shape index (κ1) is 22.6. The predicted molar refractivity (Wildman–Crippen MR) is 129 cm³/mol. The van der Waals surface area contributed by atoms with E-state index in [0.29, 0.717) is 0 Å². The molecule has 0 N–H and O–H groups in total. The summed E-state index contributed by atoms with van der Waals surface area (Å²) in [6.45, 7) is 13.7. The fraction of sp³-hybridized carbons (Fsp3) is 0.407. The van der Waals surface area contributed by atoms with Crippen molar-refractivity contribution in [2.24, 2.45) is 0 Å². The molecule has 4 rings (SSSR count). The van der Waals surface area contributed by atoms with E-state index in [1.54, 1.807) is 0 Å². The van der Waals surface area contributed by atoms with Crippen molar-refractivity contribution in [1.29, 1.82) is 0 Å². The van der Waals surface area contributed by atoms with Crippen molar-refractivity contribution in [3.8, 4) is 0 Å². The molecule has 157 valence electrons. The molecule has 2 aliphatic rings. The molecule has 0 bridgehead atoms. The molecule has 0 nitrogen and oxygen atoms in total. The molecule has 0 heterocycles. The number of hydrogen-bond donors (Lipinski definition) is 0. The van der Waals surface area contributed by atoms with Crippen molar-refractivity contribution in [3.05, 3.63) is 80.9 Å². The average molecular weight is 518 g/mol. The molecule has 0 spiro atoms. The minimum absolute atomic E-state index is 0.121. The van der Waals surface area contributed by atoms with E-state index in [2.05, 4.69) is 90.1 Å². The number of halogens is 2. The van der Waals surface area contributed by atoms with Crippen molar-refractivity contribution in [3.63, 3.8) is 0 Å². The van der Waals surface area contributed by atoms with Crippen molar-refractivity contribution in [1.82, 2.24) is 0 Å². The summed E-state index contributed by atoms with van der Waals surface area (Å²) in [4.78, 5) is 0. The zero-order chi connectivity index (χ0) is 21.8. The van der Waals surface area contributed by atoms with Crippen LogP contribution < -0.4 is 0 Å². The Bertz CT molecular complexity index is 964. The first-order chi connectivity index (χ1) is 14.0. The van der Waals surface area contributed by atoms with E-state index in [-0.39, 0.29) is 14.5 Å². The molecule has 2 aromatic carbocycles. The van der Waals surface area contributed by atoms with Gasteiger partial charge in [-0.1, -0.05) is 0 Å². The Morgan fingerprint density at radius 1 is 0.700 bits per heavy atom. The van der Waals surface area contributed by atoms with Gasteiger partial charge < -0.3 is 0 Å². The van der Waals surface area contributed by atoms with Gasteiger partial charge in [0, 0.05) is 0 Å². The van der Waals surface area contributed by atoms with Gasteiger partial charge in [0.1, 0.15) is 0 Å². The Morgan fingerprint density at radius 3 is 1.43 bits per heavy atom. The van der Waals surface area contributed by atoms with Gasteiger partial charge >= 0.3 is 198 Å². The monoisotopic (exact) mass is 515 g/mol. The molecule has 0 atom stereocenters. The van der Waals surface area contributed by atoms with Crippen molar-refractivity contribution < 1.29 is 19.4 Å². The van der Waals surface area contributed by atoms with Gasteiger partial charge in [0.05, 0.1) is 0 Å². The first-order valence-corrected chi connectivity index (χ1v) is 18.6. The summed E-state index contributed by atoms with van der Waals surface area (Å²) in [6, 6.07) is 9.29. The second kappa shape index (κ2) is 8.06. The van der Waals surface area contributed by atoms with Crippen LogP contribution in [0.25, 0.3) is 12.2 Å².